The zero-order chi connectivity index (χ0) is 14.3. The van der Waals surface area contributed by atoms with Gasteiger partial charge in [-0.05, 0) is 19.1 Å². The number of nitrogens with zero attached hydrogens (tertiary/aromatic N) is 1. The van der Waals surface area contributed by atoms with Crippen LogP contribution in [0.2, 0.25) is 0 Å². The molecular formula is C13H16N2O4S. The van der Waals surface area contributed by atoms with E-state index in [9.17, 15) is 13.2 Å². The number of aryl methyl sites for hydroxylation is 1. The van der Waals surface area contributed by atoms with Gasteiger partial charge in [0, 0.05) is 31.6 Å². The van der Waals surface area contributed by atoms with Crippen molar-refractivity contribution in [2.45, 2.75) is 17.9 Å². The average molecular weight is 296 g/mol. The lowest BCUT2D eigenvalue weighted by Crippen LogP contribution is -2.51. The summed E-state index contributed by atoms with van der Waals surface area (Å²) in [4.78, 5) is 13.4. The van der Waals surface area contributed by atoms with Gasteiger partial charge in [-0.2, -0.15) is 8.42 Å². The fourth-order valence-electron chi connectivity index (χ4n) is 2.50. The molecule has 3 rings (SSSR count). The molecule has 0 aromatic heterocycles. The topological polar surface area (TPSA) is 75.7 Å². The lowest BCUT2D eigenvalue weighted by atomic mass is 9.96. The first kappa shape index (κ1) is 13.4. The fraction of sp³-hybridized carbons (Fsp3) is 0.462. The second-order valence-electron chi connectivity index (χ2n) is 5.30. The van der Waals surface area contributed by atoms with E-state index < -0.39 is 16.2 Å². The predicted molar refractivity (Wildman–Crippen MR) is 71.7 cm³/mol. The predicted octanol–water partition coefficient (Wildman–Crippen LogP) is 0.724. The third-order valence-electron chi connectivity index (χ3n) is 3.83. The minimum Gasteiger partial charge on any atom is -0.324 e. The van der Waals surface area contributed by atoms with Gasteiger partial charge in [-0.25, -0.2) is 4.79 Å². The molecule has 2 atom stereocenters. The van der Waals surface area contributed by atoms with Crippen LogP contribution in [-0.4, -0.2) is 45.1 Å². The van der Waals surface area contributed by atoms with E-state index in [-0.39, 0.29) is 10.9 Å². The summed E-state index contributed by atoms with van der Waals surface area (Å²) in [5.74, 6) is 0.421. The van der Waals surface area contributed by atoms with Gasteiger partial charge in [0.15, 0.2) is 0 Å². The van der Waals surface area contributed by atoms with Crippen LogP contribution in [0.25, 0.3) is 0 Å². The number of hydrogen-bond donors (Lipinski definition) is 1. The van der Waals surface area contributed by atoms with Crippen molar-refractivity contribution >= 4 is 16.2 Å². The summed E-state index contributed by atoms with van der Waals surface area (Å²) >= 11 is 0. The third-order valence-corrected chi connectivity index (χ3v) is 5.04. The van der Waals surface area contributed by atoms with Crippen molar-refractivity contribution in [1.29, 1.82) is 0 Å². The molecule has 1 aromatic carbocycles. The molecule has 108 valence electrons. The molecule has 2 aliphatic rings. The number of rotatable bonds is 2. The second-order valence-corrected chi connectivity index (χ2v) is 6.84. The molecule has 1 N–H and O–H groups in total. The Labute approximate surface area is 117 Å². The number of carbonyl (C=O) groups excluding carboxylic acids is 1. The molecule has 0 bridgehead atoms. The largest absolute Gasteiger partial charge is 0.425 e. The maximum Gasteiger partial charge on any atom is 0.425 e. The maximum atomic E-state index is 12.0. The van der Waals surface area contributed by atoms with E-state index in [4.69, 9.17) is 4.18 Å². The lowest BCUT2D eigenvalue weighted by Gasteiger charge is -2.29. The minimum absolute atomic E-state index is 0.00301. The van der Waals surface area contributed by atoms with Crippen molar-refractivity contribution in [3.05, 3.63) is 29.8 Å². The zero-order valence-electron chi connectivity index (χ0n) is 11.1. The van der Waals surface area contributed by atoms with Crippen LogP contribution in [0.15, 0.2) is 29.2 Å². The van der Waals surface area contributed by atoms with Crippen molar-refractivity contribution in [2.24, 2.45) is 5.92 Å². The molecule has 0 saturated carbocycles. The van der Waals surface area contributed by atoms with E-state index in [0.29, 0.717) is 19.0 Å². The minimum atomic E-state index is -4.04. The highest BCUT2D eigenvalue weighted by Crippen LogP contribution is 2.24. The summed E-state index contributed by atoms with van der Waals surface area (Å²) in [6.07, 6.45) is -0.790. The molecule has 1 aromatic rings. The summed E-state index contributed by atoms with van der Waals surface area (Å²) in [6.45, 7) is 3.79. The van der Waals surface area contributed by atoms with E-state index >= 15 is 0 Å². The van der Waals surface area contributed by atoms with Crippen molar-refractivity contribution in [3.8, 4) is 0 Å². The SMILES string of the molecule is Cc1ccc(S(=O)(=O)OC(=O)N2CC3CNC3C2)cc1. The molecule has 0 spiro atoms. The Morgan fingerprint density at radius 2 is 2.00 bits per heavy atom. The highest BCUT2D eigenvalue weighted by Gasteiger charge is 2.42. The Morgan fingerprint density at radius 3 is 2.50 bits per heavy atom. The Kier molecular flexibility index (Phi) is 3.18. The summed E-state index contributed by atoms with van der Waals surface area (Å²) in [5, 5.41) is 3.19. The smallest absolute Gasteiger partial charge is 0.324 e. The molecule has 2 fully saturated rings. The van der Waals surface area contributed by atoms with E-state index in [2.05, 4.69) is 5.32 Å². The highest BCUT2D eigenvalue weighted by atomic mass is 32.2. The highest BCUT2D eigenvalue weighted by molar-refractivity contribution is 7.87. The number of amides is 1. The van der Waals surface area contributed by atoms with Crippen LogP contribution < -0.4 is 5.32 Å². The first-order valence-corrected chi connectivity index (χ1v) is 7.90. The summed E-state index contributed by atoms with van der Waals surface area (Å²) in [6, 6.07) is 6.49. The zero-order valence-corrected chi connectivity index (χ0v) is 11.9. The van der Waals surface area contributed by atoms with Gasteiger partial charge in [0.05, 0.1) is 0 Å². The van der Waals surface area contributed by atoms with E-state index in [0.717, 1.165) is 12.1 Å². The monoisotopic (exact) mass is 296 g/mol. The summed E-state index contributed by atoms with van der Waals surface area (Å²) < 4.78 is 28.7. The Morgan fingerprint density at radius 1 is 1.30 bits per heavy atom. The molecular weight excluding hydrogens is 280 g/mol. The van der Waals surface area contributed by atoms with Gasteiger partial charge in [0.25, 0.3) is 0 Å². The Bertz CT molecular complexity index is 614. The fourth-order valence-corrected chi connectivity index (χ4v) is 3.36. The molecule has 2 unspecified atom stereocenters. The Hall–Kier alpha value is -1.60. The normalized spacial score (nSPS) is 24.9. The van der Waals surface area contributed by atoms with Crippen LogP contribution >= 0.6 is 0 Å². The molecule has 2 aliphatic heterocycles. The Balaban J connectivity index is 1.70. The van der Waals surface area contributed by atoms with Crippen molar-refractivity contribution in [1.82, 2.24) is 10.2 Å². The van der Waals surface area contributed by atoms with Gasteiger partial charge in [-0.15, -0.1) is 0 Å². The summed E-state index contributed by atoms with van der Waals surface area (Å²) in [7, 11) is -4.04. The first-order chi connectivity index (χ1) is 9.45. The van der Waals surface area contributed by atoms with Gasteiger partial charge in [0.1, 0.15) is 4.90 Å². The van der Waals surface area contributed by atoms with E-state index in [1.54, 1.807) is 12.1 Å². The standard InChI is InChI=1S/C13H16N2O4S/c1-9-2-4-11(5-3-9)20(17,18)19-13(16)15-7-10-6-14-12(10)8-15/h2-5,10,12,14H,6-8H2,1H3. The van der Waals surface area contributed by atoms with E-state index in [1.807, 2.05) is 6.92 Å². The average Bonchev–Trinajstić information content (AvgIpc) is 2.65. The van der Waals surface area contributed by atoms with Crippen LogP contribution in [0.4, 0.5) is 4.79 Å². The molecule has 2 heterocycles. The molecule has 20 heavy (non-hydrogen) atoms. The maximum absolute atomic E-state index is 12.0. The van der Waals surface area contributed by atoms with Gasteiger partial charge < -0.3 is 14.4 Å². The summed E-state index contributed by atoms with van der Waals surface area (Å²) in [5.41, 5.74) is 0.942. The first-order valence-electron chi connectivity index (χ1n) is 6.49. The molecule has 0 aliphatic carbocycles. The van der Waals surface area contributed by atoms with Crippen molar-refractivity contribution in [3.63, 3.8) is 0 Å². The molecule has 2 saturated heterocycles. The van der Waals surface area contributed by atoms with E-state index in [1.165, 1.54) is 17.0 Å². The van der Waals surface area contributed by atoms with Gasteiger partial charge in [0.2, 0.25) is 0 Å². The number of benzene rings is 1. The van der Waals surface area contributed by atoms with Gasteiger partial charge in [-0.3, -0.25) is 0 Å². The second kappa shape index (κ2) is 4.75. The molecule has 0 radical (unpaired) electrons. The molecule has 1 amide bonds. The third kappa shape index (κ3) is 2.38. The van der Waals surface area contributed by atoms with Crippen molar-refractivity contribution < 1.29 is 17.4 Å². The number of carbonyl (C=O) groups is 1. The number of fused-ring (bicyclic) bond motifs is 1. The molecule has 7 heteroatoms. The number of hydrogen-bond acceptors (Lipinski definition) is 5. The number of nitrogens with one attached hydrogen (secondary N) is 1. The van der Waals surface area contributed by atoms with Crippen molar-refractivity contribution in [2.75, 3.05) is 19.6 Å². The molecule has 6 nitrogen and oxygen atoms in total. The van der Waals surface area contributed by atoms with Crippen LogP contribution in [0.5, 0.6) is 0 Å². The lowest BCUT2D eigenvalue weighted by molar-refractivity contribution is 0.164. The van der Waals surface area contributed by atoms with Gasteiger partial charge >= 0.3 is 16.2 Å². The van der Waals surface area contributed by atoms with Crippen LogP contribution in [0, 0.1) is 12.8 Å². The van der Waals surface area contributed by atoms with Crippen LogP contribution in [0.1, 0.15) is 5.56 Å². The number of likely N-dealkylation sites (tertiary alicyclic amines) is 1. The van der Waals surface area contributed by atoms with Crippen LogP contribution in [-0.2, 0) is 14.3 Å². The van der Waals surface area contributed by atoms with Gasteiger partial charge in [-0.1, -0.05) is 17.7 Å². The van der Waals surface area contributed by atoms with Crippen LogP contribution in [0.3, 0.4) is 0 Å². The quantitative estimate of drug-likeness (QED) is 0.814.